The first-order chi connectivity index (χ1) is 10.2. The normalized spacial score (nSPS) is 12.8. The van der Waals surface area contributed by atoms with Crippen LogP contribution in [0, 0.1) is 0 Å². The Labute approximate surface area is 124 Å². The number of benzene rings is 2. The first-order valence-electron chi connectivity index (χ1n) is 6.34. The molecule has 0 spiro atoms. The van der Waals surface area contributed by atoms with Crippen LogP contribution >= 0.6 is 11.6 Å². The third-order valence-corrected chi connectivity index (χ3v) is 3.58. The van der Waals surface area contributed by atoms with E-state index < -0.39 is 0 Å². The molecule has 0 saturated heterocycles. The molecule has 4 nitrogen and oxygen atoms in total. The lowest BCUT2D eigenvalue weighted by Gasteiger charge is -2.04. The summed E-state index contributed by atoms with van der Waals surface area (Å²) in [5.41, 5.74) is 1.12. The molecule has 0 amide bonds. The lowest BCUT2D eigenvalue weighted by molar-refractivity contribution is 0.174. The van der Waals surface area contributed by atoms with Crippen molar-refractivity contribution < 1.29 is 13.9 Å². The Morgan fingerprint density at radius 2 is 1.81 bits per heavy atom. The molecule has 3 aromatic rings. The highest BCUT2D eigenvalue weighted by molar-refractivity contribution is 6.31. The molecular weight excluding hydrogens is 292 g/mol. The van der Waals surface area contributed by atoms with Gasteiger partial charge in [0.25, 0.3) is 0 Å². The summed E-state index contributed by atoms with van der Waals surface area (Å²) in [6, 6.07) is 11.9. The highest BCUT2D eigenvalue weighted by atomic mass is 35.5. The molecule has 0 aliphatic carbocycles. The number of halogens is 1. The van der Waals surface area contributed by atoms with Gasteiger partial charge in [0.15, 0.2) is 16.9 Å². The number of hydrogen-bond acceptors (Lipinski definition) is 4. The van der Waals surface area contributed by atoms with Crippen molar-refractivity contribution in [3.05, 3.63) is 57.7 Å². The van der Waals surface area contributed by atoms with Gasteiger partial charge >= 0.3 is 0 Å². The predicted octanol–water partition coefficient (Wildman–Crippen LogP) is 3.84. The van der Waals surface area contributed by atoms with Crippen molar-refractivity contribution in [3.8, 4) is 22.8 Å². The fourth-order valence-corrected chi connectivity index (χ4v) is 2.49. The zero-order chi connectivity index (χ0) is 14.4. The standard InChI is InChI=1S/C16H9ClO4/c17-10-2-4-13-11(6-10)12(18)7-15(21-13)9-1-3-14-16(5-9)20-8-19-14/h1-7H,8H2. The summed E-state index contributed by atoms with van der Waals surface area (Å²) < 4.78 is 16.4. The summed E-state index contributed by atoms with van der Waals surface area (Å²) in [7, 11) is 0. The van der Waals surface area contributed by atoms with Gasteiger partial charge in [0, 0.05) is 16.7 Å². The lowest BCUT2D eigenvalue weighted by Crippen LogP contribution is -2.00. The van der Waals surface area contributed by atoms with E-state index >= 15 is 0 Å². The fraction of sp³-hybridized carbons (Fsp3) is 0.0625. The van der Waals surface area contributed by atoms with Crippen LogP contribution in [0.1, 0.15) is 0 Å². The molecule has 0 radical (unpaired) electrons. The minimum absolute atomic E-state index is 0.133. The SMILES string of the molecule is O=c1cc(-c2ccc3c(c2)OCO3)oc2ccc(Cl)cc12. The maximum atomic E-state index is 12.2. The quantitative estimate of drug-likeness (QED) is 0.685. The first kappa shape index (κ1) is 12.3. The van der Waals surface area contributed by atoms with E-state index in [1.165, 1.54) is 6.07 Å². The Hall–Kier alpha value is -2.46. The van der Waals surface area contributed by atoms with Crippen LogP contribution < -0.4 is 14.9 Å². The van der Waals surface area contributed by atoms with E-state index in [0.29, 0.717) is 33.3 Å². The number of rotatable bonds is 1. The Bertz CT molecular complexity index is 914. The van der Waals surface area contributed by atoms with E-state index in [9.17, 15) is 4.79 Å². The van der Waals surface area contributed by atoms with Crippen LogP contribution in [0.3, 0.4) is 0 Å². The lowest BCUT2D eigenvalue weighted by atomic mass is 10.1. The van der Waals surface area contributed by atoms with Crippen molar-refractivity contribution in [2.45, 2.75) is 0 Å². The van der Waals surface area contributed by atoms with Crippen LogP contribution in [0.2, 0.25) is 5.02 Å². The highest BCUT2D eigenvalue weighted by Crippen LogP contribution is 2.36. The van der Waals surface area contributed by atoms with Gasteiger partial charge in [0.2, 0.25) is 6.79 Å². The van der Waals surface area contributed by atoms with Gasteiger partial charge in [-0.2, -0.15) is 0 Å². The van der Waals surface area contributed by atoms with Gasteiger partial charge in [-0.3, -0.25) is 4.79 Å². The maximum absolute atomic E-state index is 12.2. The number of hydrogen-bond donors (Lipinski definition) is 0. The van der Waals surface area contributed by atoms with E-state index in [-0.39, 0.29) is 12.2 Å². The van der Waals surface area contributed by atoms with Gasteiger partial charge in [-0.25, -0.2) is 0 Å². The fourth-order valence-electron chi connectivity index (χ4n) is 2.32. The Balaban J connectivity index is 1.91. The van der Waals surface area contributed by atoms with E-state index in [0.717, 1.165) is 5.56 Å². The van der Waals surface area contributed by atoms with E-state index in [4.69, 9.17) is 25.5 Å². The largest absolute Gasteiger partial charge is 0.456 e. The van der Waals surface area contributed by atoms with E-state index in [1.807, 2.05) is 6.07 Å². The molecule has 0 N–H and O–H groups in total. The smallest absolute Gasteiger partial charge is 0.231 e. The molecule has 0 unspecified atom stereocenters. The molecule has 1 aliphatic heterocycles. The van der Waals surface area contributed by atoms with Gasteiger partial charge in [-0.05, 0) is 36.4 Å². The van der Waals surface area contributed by atoms with E-state index in [1.54, 1.807) is 30.3 Å². The Morgan fingerprint density at radius 3 is 2.71 bits per heavy atom. The minimum atomic E-state index is -0.133. The van der Waals surface area contributed by atoms with Gasteiger partial charge < -0.3 is 13.9 Å². The Morgan fingerprint density at radius 1 is 0.952 bits per heavy atom. The summed E-state index contributed by atoms with van der Waals surface area (Å²) in [6.45, 7) is 0.207. The van der Waals surface area contributed by atoms with Crippen molar-refractivity contribution >= 4 is 22.6 Å². The minimum Gasteiger partial charge on any atom is -0.456 e. The molecule has 104 valence electrons. The van der Waals surface area contributed by atoms with E-state index in [2.05, 4.69) is 0 Å². The Kier molecular flexibility index (Phi) is 2.65. The van der Waals surface area contributed by atoms with Crippen LogP contribution in [0.25, 0.3) is 22.3 Å². The van der Waals surface area contributed by atoms with Crippen LogP contribution in [-0.2, 0) is 0 Å². The molecule has 2 heterocycles. The molecule has 0 atom stereocenters. The molecule has 0 bridgehead atoms. The van der Waals surface area contributed by atoms with Crippen molar-refractivity contribution in [2.75, 3.05) is 6.79 Å². The molecule has 0 fully saturated rings. The summed E-state index contributed by atoms with van der Waals surface area (Å²) in [5.74, 6) is 1.81. The van der Waals surface area contributed by atoms with Crippen LogP contribution in [0.5, 0.6) is 11.5 Å². The second-order valence-electron chi connectivity index (χ2n) is 4.68. The molecule has 4 rings (SSSR count). The van der Waals surface area contributed by atoms with Crippen molar-refractivity contribution in [1.29, 1.82) is 0 Å². The molecule has 1 aromatic heterocycles. The summed E-state index contributed by atoms with van der Waals surface area (Å²) in [4.78, 5) is 12.2. The van der Waals surface area contributed by atoms with Crippen molar-refractivity contribution in [1.82, 2.24) is 0 Å². The second-order valence-corrected chi connectivity index (χ2v) is 5.12. The first-order valence-corrected chi connectivity index (χ1v) is 6.72. The van der Waals surface area contributed by atoms with Crippen LogP contribution in [0.4, 0.5) is 0 Å². The topological polar surface area (TPSA) is 48.7 Å². The third kappa shape index (κ3) is 2.04. The summed E-state index contributed by atoms with van der Waals surface area (Å²) >= 11 is 5.90. The van der Waals surface area contributed by atoms with Gasteiger partial charge in [0.1, 0.15) is 11.3 Å². The molecular formula is C16H9ClO4. The number of fused-ring (bicyclic) bond motifs is 2. The summed E-state index contributed by atoms with van der Waals surface area (Å²) in [6.07, 6.45) is 0. The van der Waals surface area contributed by atoms with Gasteiger partial charge in [-0.15, -0.1) is 0 Å². The predicted molar refractivity (Wildman–Crippen MR) is 79.1 cm³/mol. The molecule has 1 aliphatic rings. The maximum Gasteiger partial charge on any atom is 0.231 e. The van der Waals surface area contributed by atoms with Gasteiger partial charge in [0.05, 0.1) is 5.39 Å². The van der Waals surface area contributed by atoms with Crippen LogP contribution in [-0.4, -0.2) is 6.79 Å². The molecule has 2 aromatic carbocycles. The van der Waals surface area contributed by atoms with Crippen molar-refractivity contribution in [2.24, 2.45) is 0 Å². The monoisotopic (exact) mass is 300 g/mol. The van der Waals surface area contributed by atoms with Crippen molar-refractivity contribution in [3.63, 3.8) is 0 Å². The zero-order valence-electron chi connectivity index (χ0n) is 10.8. The zero-order valence-corrected chi connectivity index (χ0v) is 11.5. The third-order valence-electron chi connectivity index (χ3n) is 3.35. The molecule has 21 heavy (non-hydrogen) atoms. The highest BCUT2D eigenvalue weighted by Gasteiger charge is 2.15. The average molecular weight is 301 g/mol. The van der Waals surface area contributed by atoms with Gasteiger partial charge in [-0.1, -0.05) is 11.6 Å². The number of ether oxygens (including phenoxy) is 2. The average Bonchev–Trinajstić information content (AvgIpc) is 2.95. The molecule has 5 heteroatoms. The summed E-state index contributed by atoms with van der Waals surface area (Å²) in [5, 5.41) is 0.970. The second kappa shape index (κ2) is 4.53. The molecule has 0 saturated carbocycles. The van der Waals surface area contributed by atoms with Crippen LogP contribution in [0.15, 0.2) is 51.7 Å².